The second-order valence-electron chi connectivity index (χ2n) is 4.39. The van der Waals surface area contributed by atoms with E-state index in [0.29, 0.717) is 0 Å². The van der Waals surface area contributed by atoms with Gasteiger partial charge in [0.05, 0.1) is 0 Å². The molecule has 0 bridgehead atoms. The van der Waals surface area contributed by atoms with Crippen molar-refractivity contribution in [2.75, 3.05) is 0 Å². The molecule has 1 fully saturated rings. The number of hydrogen-bond acceptors (Lipinski definition) is 0. The number of rotatable bonds is 3. The number of alkyl halides is 1. The Bertz CT molecular complexity index is 129. The first-order valence-corrected chi connectivity index (χ1v) is 6.85. The molecule has 2 atom stereocenters. The summed E-state index contributed by atoms with van der Waals surface area (Å²) in [6, 6.07) is 0. The molecular weight excluding hydrogens is 224 g/mol. The molecule has 13 heavy (non-hydrogen) atoms. The zero-order valence-electron chi connectivity index (χ0n) is 9.06. The molecule has 1 heteroatoms. The van der Waals surface area contributed by atoms with Crippen LogP contribution in [0.25, 0.3) is 0 Å². The van der Waals surface area contributed by atoms with E-state index in [2.05, 4.69) is 29.8 Å². The topological polar surface area (TPSA) is 0 Å². The van der Waals surface area contributed by atoms with Gasteiger partial charge in [0.1, 0.15) is 0 Å². The van der Waals surface area contributed by atoms with Crippen molar-refractivity contribution >= 4 is 15.9 Å². The maximum atomic E-state index is 3.89. The molecule has 0 aromatic carbocycles. The Balaban J connectivity index is 2.51. The van der Waals surface area contributed by atoms with E-state index in [1.165, 1.54) is 44.9 Å². The minimum Gasteiger partial charge on any atom is -0.0888 e. The molecular formula is C12H23Br. The lowest BCUT2D eigenvalue weighted by Crippen LogP contribution is -2.22. The maximum Gasteiger partial charge on any atom is 0.0176 e. The van der Waals surface area contributed by atoms with Crippen LogP contribution < -0.4 is 0 Å². The lowest BCUT2D eigenvalue weighted by molar-refractivity contribution is 0.292. The van der Waals surface area contributed by atoms with Crippen LogP contribution in [0.2, 0.25) is 0 Å². The zero-order valence-corrected chi connectivity index (χ0v) is 10.6. The third-order valence-electron chi connectivity index (χ3n) is 3.64. The second kappa shape index (κ2) is 6.06. The highest BCUT2D eigenvalue weighted by atomic mass is 79.9. The average Bonchev–Trinajstić information content (AvgIpc) is 2.34. The summed E-state index contributed by atoms with van der Waals surface area (Å²) >= 11 is 3.89. The number of hydrogen-bond donors (Lipinski definition) is 0. The van der Waals surface area contributed by atoms with Gasteiger partial charge in [-0.25, -0.2) is 0 Å². The third kappa shape index (κ3) is 3.27. The van der Waals surface area contributed by atoms with Gasteiger partial charge in [0, 0.05) is 4.83 Å². The van der Waals surface area contributed by atoms with Gasteiger partial charge in [0.15, 0.2) is 0 Å². The summed E-state index contributed by atoms with van der Waals surface area (Å²) in [7, 11) is 0. The average molecular weight is 247 g/mol. The fourth-order valence-corrected chi connectivity index (χ4v) is 3.74. The van der Waals surface area contributed by atoms with Crippen molar-refractivity contribution in [2.45, 2.75) is 63.6 Å². The first-order valence-electron chi connectivity index (χ1n) is 5.93. The lowest BCUT2D eigenvalue weighted by atomic mass is 9.83. The molecule has 0 aromatic rings. The summed E-state index contributed by atoms with van der Waals surface area (Å²) in [5, 5.41) is 0. The van der Waals surface area contributed by atoms with E-state index in [1.807, 2.05) is 0 Å². The van der Waals surface area contributed by atoms with E-state index in [1.54, 1.807) is 0 Å². The van der Waals surface area contributed by atoms with Crippen molar-refractivity contribution in [1.82, 2.24) is 0 Å². The Morgan fingerprint density at radius 3 is 2.31 bits per heavy atom. The summed E-state index contributed by atoms with van der Waals surface area (Å²) in [6.07, 6.45) is 9.95. The van der Waals surface area contributed by atoms with Crippen molar-refractivity contribution < 1.29 is 0 Å². The highest BCUT2D eigenvalue weighted by Crippen LogP contribution is 2.36. The molecule has 0 N–H and O–H groups in total. The molecule has 1 aliphatic carbocycles. The molecule has 2 unspecified atom stereocenters. The molecule has 78 valence electrons. The molecule has 0 aromatic heterocycles. The van der Waals surface area contributed by atoms with E-state index in [9.17, 15) is 0 Å². The van der Waals surface area contributed by atoms with Gasteiger partial charge in [-0.2, -0.15) is 0 Å². The largest absolute Gasteiger partial charge is 0.0888 e. The van der Waals surface area contributed by atoms with Crippen molar-refractivity contribution in [3.8, 4) is 0 Å². The lowest BCUT2D eigenvalue weighted by Gasteiger charge is -2.28. The van der Waals surface area contributed by atoms with Crippen molar-refractivity contribution in [3.05, 3.63) is 0 Å². The Morgan fingerprint density at radius 1 is 1.08 bits per heavy atom. The Kier molecular flexibility index (Phi) is 5.38. The fourth-order valence-electron chi connectivity index (χ4n) is 2.72. The molecule has 0 heterocycles. The quantitative estimate of drug-likeness (QED) is 0.498. The Morgan fingerprint density at radius 2 is 1.69 bits per heavy atom. The summed E-state index contributed by atoms with van der Waals surface area (Å²) in [6.45, 7) is 4.69. The summed E-state index contributed by atoms with van der Waals surface area (Å²) < 4.78 is 0. The van der Waals surface area contributed by atoms with Crippen LogP contribution in [0, 0.1) is 11.8 Å². The first kappa shape index (κ1) is 11.6. The monoisotopic (exact) mass is 246 g/mol. The smallest absolute Gasteiger partial charge is 0.0176 e. The van der Waals surface area contributed by atoms with Crippen LogP contribution in [-0.4, -0.2) is 4.83 Å². The van der Waals surface area contributed by atoms with Gasteiger partial charge in [-0.05, 0) is 24.7 Å². The summed E-state index contributed by atoms with van der Waals surface area (Å²) in [5.74, 6) is 1.92. The van der Waals surface area contributed by atoms with Crippen LogP contribution in [0.1, 0.15) is 58.8 Å². The van der Waals surface area contributed by atoms with Crippen LogP contribution in [0.5, 0.6) is 0 Å². The van der Waals surface area contributed by atoms with Crippen molar-refractivity contribution in [1.29, 1.82) is 0 Å². The Hall–Kier alpha value is 0.480. The minimum atomic E-state index is 0.805. The van der Waals surface area contributed by atoms with Gasteiger partial charge in [-0.1, -0.05) is 61.9 Å². The van der Waals surface area contributed by atoms with Crippen molar-refractivity contribution in [2.24, 2.45) is 11.8 Å². The molecule has 1 aliphatic rings. The Labute approximate surface area is 91.6 Å². The highest BCUT2D eigenvalue weighted by molar-refractivity contribution is 9.09. The van der Waals surface area contributed by atoms with E-state index < -0.39 is 0 Å². The molecule has 0 nitrogen and oxygen atoms in total. The van der Waals surface area contributed by atoms with E-state index in [0.717, 1.165) is 16.7 Å². The molecule has 0 saturated heterocycles. The fraction of sp³-hybridized carbons (Fsp3) is 1.00. The molecule has 1 saturated carbocycles. The maximum absolute atomic E-state index is 3.89. The SMILES string of the molecule is CCC(CC)C1CCCCCC1Br. The van der Waals surface area contributed by atoms with Crippen molar-refractivity contribution in [3.63, 3.8) is 0 Å². The minimum absolute atomic E-state index is 0.805. The van der Waals surface area contributed by atoms with Gasteiger partial charge < -0.3 is 0 Å². The number of halogens is 1. The third-order valence-corrected chi connectivity index (χ3v) is 4.77. The van der Waals surface area contributed by atoms with E-state index >= 15 is 0 Å². The van der Waals surface area contributed by atoms with Crippen LogP contribution in [0.3, 0.4) is 0 Å². The molecule has 0 aliphatic heterocycles. The van der Waals surface area contributed by atoms with Gasteiger partial charge in [-0.15, -0.1) is 0 Å². The first-order chi connectivity index (χ1) is 6.29. The standard InChI is InChI=1S/C12H23Br/c1-3-10(4-2)11-8-6-5-7-9-12(11)13/h10-12H,3-9H2,1-2H3. The summed E-state index contributed by atoms with van der Waals surface area (Å²) in [5.41, 5.74) is 0. The summed E-state index contributed by atoms with van der Waals surface area (Å²) in [4.78, 5) is 0.805. The normalized spacial score (nSPS) is 30.5. The van der Waals surface area contributed by atoms with Gasteiger partial charge in [-0.3, -0.25) is 0 Å². The molecule has 0 amide bonds. The van der Waals surface area contributed by atoms with Crippen LogP contribution >= 0.6 is 15.9 Å². The zero-order chi connectivity index (χ0) is 9.68. The van der Waals surface area contributed by atoms with E-state index in [4.69, 9.17) is 0 Å². The van der Waals surface area contributed by atoms with E-state index in [-0.39, 0.29) is 0 Å². The van der Waals surface area contributed by atoms with Gasteiger partial charge in [0.25, 0.3) is 0 Å². The molecule has 0 radical (unpaired) electrons. The highest BCUT2D eigenvalue weighted by Gasteiger charge is 2.26. The molecule has 0 spiro atoms. The van der Waals surface area contributed by atoms with Crippen LogP contribution in [0.4, 0.5) is 0 Å². The van der Waals surface area contributed by atoms with Crippen LogP contribution in [0.15, 0.2) is 0 Å². The van der Waals surface area contributed by atoms with Gasteiger partial charge >= 0.3 is 0 Å². The molecule has 1 rings (SSSR count). The van der Waals surface area contributed by atoms with Gasteiger partial charge in [0.2, 0.25) is 0 Å². The predicted molar refractivity (Wildman–Crippen MR) is 63.4 cm³/mol. The van der Waals surface area contributed by atoms with Crippen LogP contribution in [-0.2, 0) is 0 Å². The predicted octanol–water partition coefficient (Wildman–Crippen LogP) is 4.77. The second-order valence-corrected chi connectivity index (χ2v) is 5.57.